The number of carboxylic acid groups (broad SMARTS) is 2. The smallest absolute Gasteiger partial charge is 0.222 e. The number of carbonyl (C=O) groups is 3. The van der Waals surface area contributed by atoms with Crippen molar-refractivity contribution in [1.29, 1.82) is 5.41 Å². The molecule has 1 heterocycles. The Balaban J connectivity index is 2.35. The highest BCUT2D eigenvalue weighted by Gasteiger charge is 2.42. The molecule has 0 amide bonds. The number of carbonyl (C=O) groups excluding carboxylic acids is 3. The summed E-state index contributed by atoms with van der Waals surface area (Å²) < 4.78 is 5.35. The Bertz CT molecular complexity index is 918. The average molecular weight is 367 g/mol. The number of benzene rings is 1. The Hall–Kier alpha value is -2.71. The van der Waals surface area contributed by atoms with Crippen molar-refractivity contribution in [1.82, 2.24) is 0 Å². The van der Waals surface area contributed by atoms with Gasteiger partial charge in [0.25, 0.3) is 0 Å². The van der Waals surface area contributed by atoms with Crippen LogP contribution in [0.2, 0.25) is 5.02 Å². The molecule has 8 nitrogen and oxygen atoms in total. The molecule has 0 spiro atoms. The number of nitrogens with zero attached hydrogens (tertiary/aromatic N) is 1. The SMILES string of the molecule is N=C1C(=O)C(Cl)=C2Oc3c(Cl)ccc(C(=O)[O-])c3N=C2C1C(=O)[O-]. The zero-order chi connectivity index (χ0) is 17.8. The lowest BCUT2D eigenvalue weighted by Gasteiger charge is -2.31. The number of hydrogen-bond acceptors (Lipinski definition) is 8. The highest BCUT2D eigenvalue weighted by molar-refractivity contribution is 6.65. The van der Waals surface area contributed by atoms with Crippen molar-refractivity contribution < 1.29 is 29.3 Å². The maximum absolute atomic E-state index is 11.9. The third kappa shape index (κ3) is 2.19. The third-order valence-corrected chi connectivity index (χ3v) is 4.05. The predicted octanol–water partition coefficient (Wildman–Crippen LogP) is -0.413. The molecule has 1 N–H and O–H groups in total. The van der Waals surface area contributed by atoms with E-state index in [0.29, 0.717) is 0 Å². The second kappa shape index (κ2) is 5.43. The van der Waals surface area contributed by atoms with Crippen LogP contribution >= 0.6 is 23.2 Å². The van der Waals surface area contributed by atoms with Gasteiger partial charge in [-0.25, -0.2) is 4.99 Å². The lowest BCUT2D eigenvalue weighted by atomic mass is 9.87. The van der Waals surface area contributed by atoms with Gasteiger partial charge in [-0.05, 0) is 12.1 Å². The zero-order valence-electron chi connectivity index (χ0n) is 11.4. The topological polar surface area (TPSA) is 143 Å². The van der Waals surface area contributed by atoms with Crippen LogP contribution in [-0.4, -0.2) is 29.1 Å². The molecule has 0 bridgehead atoms. The lowest BCUT2D eigenvalue weighted by Crippen LogP contribution is -2.48. The third-order valence-electron chi connectivity index (χ3n) is 3.41. The van der Waals surface area contributed by atoms with Crippen molar-refractivity contribution >= 4 is 58.0 Å². The number of allylic oxidation sites excluding steroid dienone is 2. The van der Waals surface area contributed by atoms with Gasteiger partial charge in [0.2, 0.25) is 5.78 Å². The van der Waals surface area contributed by atoms with Gasteiger partial charge < -0.3 is 29.9 Å². The minimum atomic E-state index is -1.85. The number of fused-ring (bicyclic) bond motifs is 2. The Morgan fingerprint density at radius 1 is 1.25 bits per heavy atom. The van der Waals surface area contributed by atoms with E-state index in [1.165, 1.54) is 6.07 Å². The maximum atomic E-state index is 11.9. The summed E-state index contributed by atoms with van der Waals surface area (Å²) in [6.45, 7) is 0. The van der Waals surface area contributed by atoms with Gasteiger partial charge >= 0.3 is 0 Å². The fourth-order valence-electron chi connectivity index (χ4n) is 2.32. The molecule has 1 aliphatic carbocycles. The van der Waals surface area contributed by atoms with E-state index >= 15 is 0 Å². The van der Waals surface area contributed by atoms with Crippen molar-refractivity contribution in [3.8, 4) is 5.75 Å². The molecule has 0 saturated heterocycles. The van der Waals surface area contributed by atoms with Gasteiger partial charge in [-0.1, -0.05) is 23.2 Å². The van der Waals surface area contributed by atoms with E-state index in [-0.39, 0.29) is 16.5 Å². The Labute approximate surface area is 143 Å². The summed E-state index contributed by atoms with van der Waals surface area (Å²) in [5, 5.41) is 29.5. The molecule has 0 radical (unpaired) electrons. The van der Waals surface area contributed by atoms with Crippen molar-refractivity contribution in [3.05, 3.63) is 33.5 Å². The van der Waals surface area contributed by atoms with E-state index < -0.39 is 51.4 Å². The molecular formula is C14H4Cl2N2O6-2. The van der Waals surface area contributed by atoms with Gasteiger partial charge in [0, 0.05) is 5.56 Å². The largest absolute Gasteiger partial charge is 0.549 e. The van der Waals surface area contributed by atoms with E-state index in [1.807, 2.05) is 0 Å². The van der Waals surface area contributed by atoms with Crippen LogP contribution in [0.1, 0.15) is 10.4 Å². The molecule has 10 heteroatoms. The molecule has 0 fully saturated rings. The molecule has 1 aromatic rings. The Morgan fingerprint density at radius 3 is 2.50 bits per heavy atom. The number of Topliss-reactive ketones (excluding diaryl/α,β-unsaturated/α-hetero) is 1. The predicted molar refractivity (Wildman–Crippen MR) is 77.6 cm³/mol. The molecule has 0 aromatic heterocycles. The van der Waals surface area contributed by atoms with Crippen LogP contribution in [0.5, 0.6) is 5.75 Å². The average Bonchev–Trinajstić information content (AvgIpc) is 2.51. The molecule has 1 aliphatic heterocycles. The highest BCUT2D eigenvalue weighted by atomic mass is 35.5. The van der Waals surface area contributed by atoms with E-state index in [4.69, 9.17) is 33.3 Å². The van der Waals surface area contributed by atoms with Crippen molar-refractivity contribution in [2.45, 2.75) is 0 Å². The number of carboxylic acids is 2. The minimum absolute atomic E-state index is 0.0344. The number of hydrogen-bond donors (Lipinski definition) is 1. The van der Waals surface area contributed by atoms with Gasteiger partial charge in [0.1, 0.15) is 16.4 Å². The van der Waals surface area contributed by atoms with Gasteiger partial charge in [-0.15, -0.1) is 0 Å². The summed E-state index contributed by atoms with van der Waals surface area (Å²) in [5.41, 5.74) is -1.98. The number of aromatic carboxylic acids is 1. The number of ether oxygens (including phenoxy) is 1. The fraction of sp³-hybridized carbons (Fsp3) is 0.0714. The molecule has 2 aliphatic rings. The van der Waals surface area contributed by atoms with Gasteiger partial charge in [0.15, 0.2) is 11.5 Å². The molecule has 122 valence electrons. The van der Waals surface area contributed by atoms with Gasteiger partial charge in [0.05, 0.1) is 28.6 Å². The second-order valence-corrected chi connectivity index (χ2v) is 5.58. The Kier molecular flexibility index (Phi) is 3.66. The van der Waals surface area contributed by atoms with Crippen LogP contribution < -0.4 is 14.9 Å². The summed E-state index contributed by atoms with van der Waals surface area (Å²) in [4.78, 5) is 38.3. The van der Waals surface area contributed by atoms with E-state index in [1.54, 1.807) is 0 Å². The van der Waals surface area contributed by atoms with Crippen LogP contribution in [0.15, 0.2) is 27.9 Å². The second-order valence-electron chi connectivity index (χ2n) is 4.80. The number of rotatable bonds is 2. The van der Waals surface area contributed by atoms with Crippen LogP contribution in [0.25, 0.3) is 0 Å². The summed E-state index contributed by atoms with van der Waals surface area (Å²) in [6, 6.07) is 2.32. The van der Waals surface area contributed by atoms with Gasteiger partial charge in [-0.2, -0.15) is 0 Å². The maximum Gasteiger partial charge on any atom is 0.222 e. The van der Waals surface area contributed by atoms with Gasteiger partial charge in [-0.3, -0.25) is 4.79 Å². The first-order valence-electron chi connectivity index (χ1n) is 6.28. The highest BCUT2D eigenvalue weighted by Crippen LogP contribution is 2.45. The standard InChI is InChI=1S/C14H6Cl2N2O6/c15-4-2-1-3(13(20)21)8-11(4)24-12-6(16)10(19)7(17)5(14(22)23)9(12)18-8/h1-2,5,17H,(H,20,21)(H,22,23)/p-2. The number of nitrogens with one attached hydrogen (secondary N) is 1. The molecule has 0 saturated carbocycles. The van der Waals surface area contributed by atoms with Crippen LogP contribution in [0, 0.1) is 11.3 Å². The first-order chi connectivity index (χ1) is 11.2. The van der Waals surface area contributed by atoms with Crippen LogP contribution in [-0.2, 0) is 9.59 Å². The fourth-order valence-corrected chi connectivity index (χ4v) is 2.74. The quantitative estimate of drug-likeness (QED) is 0.753. The molecular weight excluding hydrogens is 363 g/mol. The van der Waals surface area contributed by atoms with Crippen molar-refractivity contribution in [2.75, 3.05) is 0 Å². The summed E-state index contributed by atoms with van der Waals surface area (Å²) in [7, 11) is 0. The number of halogens is 2. The van der Waals surface area contributed by atoms with Crippen molar-refractivity contribution in [2.24, 2.45) is 10.9 Å². The normalized spacial score (nSPS) is 19.2. The molecule has 1 unspecified atom stereocenters. The monoisotopic (exact) mass is 366 g/mol. The lowest BCUT2D eigenvalue weighted by molar-refractivity contribution is -0.306. The van der Waals surface area contributed by atoms with Crippen LogP contribution in [0.4, 0.5) is 5.69 Å². The first kappa shape index (κ1) is 16.2. The van der Waals surface area contributed by atoms with E-state index in [2.05, 4.69) is 4.99 Å². The summed E-state index contributed by atoms with van der Waals surface area (Å²) >= 11 is 11.8. The van der Waals surface area contributed by atoms with E-state index in [0.717, 1.165) is 6.07 Å². The van der Waals surface area contributed by atoms with E-state index in [9.17, 15) is 24.6 Å². The minimum Gasteiger partial charge on any atom is -0.549 e. The number of aliphatic carboxylic acids is 1. The first-order valence-corrected chi connectivity index (χ1v) is 7.04. The summed E-state index contributed by atoms with van der Waals surface area (Å²) in [6.07, 6.45) is 0. The molecule has 3 rings (SSSR count). The molecule has 24 heavy (non-hydrogen) atoms. The van der Waals surface area contributed by atoms with Crippen molar-refractivity contribution in [3.63, 3.8) is 0 Å². The zero-order valence-corrected chi connectivity index (χ0v) is 12.9. The molecule has 1 aromatic carbocycles. The summed E-state index contributed by atoms with van der Waals surface area (Å²) in [5.74, 6) is -6.91. The number of aliphatic imine (C=N–C) groups is 1. The Morgan fingerprint density at radius 2 is 1.92 bits per heavy atom. The van der Waals surface area contributed by atoms with Crippen LogP contribution in [0.3, 0.4) is 0 Å². The molecule has 1 atom stereocenters. The number of ketones is 1.